The number of carbonyl (C=O) groups excluding carboxylic acids is 1. The van der Waals surface area contributed by atoms with Crippen LogP contribution in [-0.4, -0.2) is 18.5 Å². The van der Waals surface area contributed by atoms with E-state index < -0.39 is 0 Å². The first-order valence-electron chi connectivity index (χ1n) is 7.42. The summed E-state index contributed by atoms with van der Waals surface area (Å²) in [5, 5.41) is 6.65. The van der Waals surface area contributed by atoms with Gasteiger partial charge in [0, 0.05) is 24.7 Å². The third kappa shape index (κ3) is 3.49. The van der Waals surface area contributed by atoms with Crippen LogP contribution in [0.5, 0.6) is 0 Å². The van der Waals surface area contributed by atoms with E-state index in [4.69, 9.17) is 0 Å². The number of carbonyl (C=O) groups is 1. The van der Waals surface area contributed by atoms with Gasteiger partial charge >= 0.3 is 0 Å². The van der Waals surface area contributed by atoms with Crippen LogP contribution in [-0.2, 0) is 11.2 Å². The lowest BCUT2D eigenvalue weighted by molar-refractivity contribution is -0.121. The molecule has 0 aromatic heterocycles. The van der Waals surface area contributed by atoms with E-state index in [1.807, 2.05) is 0 Å². The van der Waals surface area contributed by atoms with Crippen LogP contribution in [0.15, 0.2) is 24.3 Å². The number of nitrogens with one attached hydrogen (secondary N) is 2. The minimum Gasteiger partial charge on any atom is -0.380 e. The average Bonchev–Trinajstić information content (AvgIpc) is 3.22. The molecule has 1 heterocycles. The molecule has 1 aliphatic heterocycles. The lowest BCUT2D eigenvalue weighted by Crippen LogP contribution is -2.36. The number of rotatable bonds is 4. The molecule has 3 heteroatoms. The van der Waals surface area contributed by atoms with E-state index in [0.717, 1.165) is 25.8 Å². The van der Waals surface area contributed by atoms with Crippen LogP contribution in [0.4, 0.5) is 5.69 Å². The van der Waals surface area contributed by atoms with Crippen LogP contribution in [0, 0.1) is 5.92 Å². The Bertz CT molecular complexity index is 454. The van der Waals surface area contributed by atoms with Crippen molar-refractivity contribution in [3.05, 3.63) is 29.8 Å². The van der Waals surface area contributed by atoms with Crippen molar-refractivity contribution in [2.75, 3.05) is 11.9 Å². The molecule has 2 aliphatic rings. The molecule has 2 N–H and O–H groups in total. The molecule has 1 aromatic carbocycles. The first-order valence-corrected chi connectivity index (χ1v) is 7.42. The van der Waals surface area contributed by atoms with Crippen molar-refractivity contribution in [2.45, 2.75) is 44.6 Å². The molecule has 1 amide bonds. The molecule has 0 saturated heterocycles. The highest BCUT2D eigenvalue weighted by atomic mass is 16.1. The number of hydrogen-bond acceptors (Lipinski definition) is 2. The van der Waals surface area contributed by atoms with E-state index in [1.54, 1.807) is 0 Å². The number of anilines is 1. The molecular formula is C16H22N2O. The molecule has 1 aliphatic carbocycles. The number of benzene rings is 1. The van der Waals surface area contributed by atoms with E-state index in [0.29, 0.717) is 12.0 Å². The van der Waals surface area contributed by atoms with Gasteiger partial charge in [-0.05, 0) is 49.7 Å². The van der Waals surface area contributed by atoms with Gasteiger partial charge in [-0.15, -0.1) is 0 Å². The van der Waals surface area contributed by atoms with Gasteiger partial charge in [0.1, 0.15) is 0 Å². The van der Waals surface area contributed by atoms with Gasteiger partial charge < -0.3 is 10.6 Å². The van der Waals surface area contributed by atoms with Gasteiger partial charge in [-0.3, -0.25) is 4.79 Å². The molecule has 0 bridgehead atoms. The number of amides is 1. The van der Waals surface area contributed by atoms with Crippen LogP contribution in [0.3, 0.4) is 0 Å². The molecule has 1 aromatic rings. The van der Waals surface area contributed by atoms with Gasteiger partial charge in [0.2, 0.25) is 5.91 Å². The summed E-state index contributed by atoms with van der Waals surface area (Å²) >= 11 is 0. The highest BCUT2D eigenvalue weighted by Crippen LogP contribution is 2.32. The summed E-state index contributed by atoms with van der Waals surface area (Å²) in [4.78, 5) is 11.7. The average molecular weight is 258 g/mol. The van der Waals surface area contributed by atoms with E-state index in [2.05, 4.69) is 34.9 Å². The molecule has 1 fully saturated rings. The second-order valence-corrected chi connectivity index (χ2v) is 5.84. The molecule has 102 valence electrons. The molecule has 3 rings (SSSR count). The van der Waals surface area contributed by atoms with E-state index in [1.165, 1.54) is 30.5 Å². The fourth-order valence-corrected chi connectivity index (χ4v) is 2.76. The number of aryl methyl sites for hydroxylation is 1. The Labute approximate surface area is 114 Å². The van der Waals surface area contributed by atoms with Gasteiger partial charge in [-0.25, -0.2) is 0 Å². The van der Waals surface area contributed by atoms with Crippen LogP contribution in [0.1, 0.15) is 37.7 Å². The first kappa shape index (κ1) is 12.5. The number of para-hydroxylation sites is 1. The Hall–Kier alpha value is -1.51. The fraction of sp³-hybridized carbons (Fsp3) is 0.562. The minimum atomic E-state index is 0.224. The Morgan fingerprint density at radius 1 is 1.26 bits per heavy atom. The van der Waals surface area contributed by atoms with Crippen LogP contribution >= 0.6 is 0 Å². The summed E-state index contributed by atoms with van der Waals surface area (Å²) < 4.78 is 0. The quantitative estimate of drug-likeness (QED) is 0.872. The highest BCUT2D eigenvalue weighted by molar-refractivity contribution is 5.76. The third-order valence-electron chi connectivity index (χ3n) is 4.09. The third-order valence-corrected chi connectivity index (χ3v) is 4.09. The Kier molecular flexibility index (Phi) is 3.72. The smallest absolute Gasteiger partial charge is 0.220 e. The zero-order chi connectivity index (χ0) is 13.1. The lowest BCUT2D eigenvalue weighted by atomic mass is 10.1. The topological polar surface area (TPSA) is 41.1 Å². The summed E-state index contributed by atoms with van der Waals surface area (Å²) in [6.07, 6.45) is 6.65. The minimum absolute atomic E-state index is 0.224. The summed E-state index contributed by atoms with van der Waals surface area (Å²) in [6.45, 7) is 0.750. The maximum atomic E-state index is 11.7. The zero-order valence-electron chi connectivity index (χ0n) is 11.3. The zero-order valence-corrected chi connectivity index (χ0v) is 11.3. The van der Waals surface area contributed by atoms with Crippen LogP contribution in [0.2, 0.25) is 0 Å². The fourth-order valence-electron chi connectivity index (χ4n) is 2.76. The van der Waals surface area contributed by atoms with Crippen LogP contribution in [0.25, 0.3) is 0 Å². The second-order valence-electron chi connectivity index (χ2n) is 5.84. The van der Waals surface area contributed by atoms with Crippen molar-refractivity contribution >= 4 is 11.6 Å². The van der Waals surface area contributed by atoms with Gasteiger partial charge in [-0.2, -0.15) is 0 Å². The number of fused-ring (bicyclic) bond motifs is 1. The molecule has 3 nitrogen and oxygen atoms in total. The molecule has 0 radical (unpaired) electrons. The van der Waals surface area contributed by atoms with Gasteiger partial charge in [0.15, 0.2) is 0 Å². The largest absolute Gasteiger partial charge is 0.380 e. The number of hydrogen-bond donors (Lipinski definition) is 2. The molecule has 0 spiro atoms. The first-order chi connectivity index (χ1) is 9.31. The lowest BCUT2D eigenvalue weighted by Gasteiger charge is -2.18. The SMILES string of the molecule is O=C(CC1CC1)NCC1CCCc2ccccc2N1. The van der Waals surface area contributed by atoms with Crippen molar-refractivity contribution < 1.29 is 4.79 Å². The molecule has 1 saturated carbocycles. The normalized spacial score (nSPS) is 22.0. The van der Waals surface area contributed by atoms with E-state index in [-0.39, 0.29) is 5.91 Å². The Morgan fingerprint density at radius 3 is 2.95 bits per heavy atom. The van der Waals surface area contributed by atoms with E-state index >= 15 is 0 Å². The summed E-state index contributed by atoms with van der Waals surface area (Å²) in [6, 6.07) is 8.86. The van der Waals surface area contributed by atoms with Crippen molar-refractivity contribution in [1.29, 1.82) is 0 Å². The van der Waals surface area contributed by atoms with E-state index in [9.17, 15) is 4.79 Å². The monoisotopic (exact) mass is 258 g/mol. The predicted molar refractivity (Wildman–Crippen MR) is 77.1 cm³/mol. The van der Waals surface area contributed by atoms with Crippen LogP contribution < -0.4 is 10.6 Å². The van der Waals surface area contributed by atoms with Gasteiger partial charge in [-0.1, -0.05) is 18.2 Å². The maximum Gasteiger partial charge on any atom is 0.220 e. The van der Waals surface area contributed by atoms with Crippen molar-refractivity contribution in [1.82, 2.24) is 5.32 Å². The molecule has 19 heavy (non-hydrogen) atoms. The molecule has 1 atom stereocenters. The molecular weight excluding hydrogens is 236 g/mol. The summed E-state index contributed by atoms with van der Waals surface area (Å²) in [5.74, 6) is 0.893. The summed E-state index contributed by atoms with van der Waals surface area (Å²) in [5.41, 5.74) is 2.63. The van der Waals surface area contributed by atoms with Crippen molar-refractivity contribution in [3.63, 3.8) is 0 Å². The Balaban J connectivity index is 1.52. The second kappa shape index (κ2) is 5.64. The summed E-state index contributed by atoms with van der Waals surface area (Å²) in [7, 11) is 0. The van der Waals surface area contributed by atoms with Gasteiger partial charge in [0.05, 0.1) is 0 Å². The predicted octanol–water partition coefficient (Wildman–Crippen LogP) is 2.72. The molecule has 1 unspecified atom stereocenters. The van der Waals surface area contributed by atoms with Gasteiger partial charge in [0.25, 0.3) is 0 Å². The van der Waals surface area contributed by atoms with Crippen molar-refractivity contribution in [3.8, 4) is 0 Å². The van der Waals surface area contributed by atoms with Crippen molar-refractivity contribution in [2.24, 2.45) is 5.92 Å². The standard InChI is InChI=1S/C16H22N2O/c19-16(10-12-8-9-12)17-11-14-6-3-5-13-4-1-2-7-15(13)18-14/h1-2,4,7,12,14,18H,3,5-6,8-11H2,(H,17,19). The Morgan fingerprint density at radius 2 is 2.11 bits per heavy atom. The maximum absolute atomic E-state index is 11.7. The highest BCUT2D eigenvalue weighted by Gasteiger charge is 2.24.